The third kappa shape index (κ3) is 3.02. The molecule has 1 rings (SSSR count). The Balaban J connectivity index is 2.62. The van der Waals surface area contributed by atoms with Gasteiger partial charge in [-0.15, -0.1) is 0 Å². The molecule has 16 heavy (non-hydrogen) atoms. The van der Waals surface area contributed by atoms with Crippen molar-refractivity contribution in [1.82, 2.24) is 0 Å². The highest BCUT2D eigenvalue weighted by molar-refractivity contribution is 7.94. The molecular formula is C9H16N2O4S. The van der Waals surface area contributed by atoms with Gasteiger partial charge in [-0.25, -0.2) is 4.21 Å². The smallest absolute Gasteiger partial charge is 0.257 e. The molecule has 0 aromatic rings. The van der Waals surface area contributed by atoms with Crippen LogP contribution in [-0.4, -0.2) is 33.6 Å². The van der Waals surface area contributed by atoms with Gasteiger partial charge >= 0.3 is 0 Å². The van der Waals surface area contributed by atoms with Crippen molar-refractivity contribution in [3.05, 3.63) is 0 Å². The third-order valence-electron chi connectivity index (χ3n) is 2.68. The fourth-order valence-electron chi connectivity index (χ4n) is 1.53. The molecule has 3 N–H and O–H groups in total. The molecule has 0 radical (unpaired) electrons. The molecule has 92 valence electrons. The molecule has 0 bridgehead atoms. The SMILES string of the molecule is CC[C@@H]1C[S@@](=O)(CC[C@H]([NH3+])C(=O)[O-])=NC1=O. The highest BCUT2D eigenvalue weighted by Crippen LogP contribution is 2.20. The van der Waals surface area contributed by atoms with Crippen LogP contribution in [0.3, 0.4) is 0 Å². The average molecular weight is 248 g/mol. The predicted octanol–water partition coefficient (Wildman–Crippen LogP) is -2.23. The van der Waals surface area contributed by atoms with Gasteiger partial charge in [0.25, 0.3) is 5.91 Å². The summed E-state index contributed by atoms with van der Waals surface area (Å²) < 4.78 is 15.7. The minimum absolute atomic E-state index is 0.109. The molecule has 0 spiro atoms. The molecule has 6 nitrogen and oxygen atoms in total. The van der Waals surface area contributed by atoms with Crippen molar-refractivity contribution in [1.29, 1.82) is 0 Å². The van der Waals surface area contributed by atoms with E-state index in [1.807, 2.05) is 6.92 Å². The van der Waals surface area contributed by atoms with Crippen LogP contribution in [0.2, 0.25) is 0 Å². The number of carboxylic acids is 1. The minimum atomic E-state index is -2.55. The lowest BCUT2D eigenvalue weighted by atomic mass is 10.1. The summed E-state index contributed by atoms with van der Waals surface area (Å²) in [6.45, 7) is 1.84. The molecule has 0 aromatic carbocycles. The van der Waals surface area contributed by atoms with Crippen molar-refractivity contribution >= 4 is 21.6 Å². The summed E-state index contributed by atoms with van der Waals surface area (Å²) in [5.41, 5.74) is 3.37. The van der Waals surface area contributed by atoms with E-state index in [0.717, 1.165) is 0 Å². The molecule has 7 heteroatoms. The van der Waals surface area contributed by atoms with Crippen LogP contribution in [0.15, 0.2) is 4.36 Å². The van der Waals surface area contributed by atoms with E-state index >= 15 is 0 Å². The average Bonchev–Trinajstić information content (AvgIpc) is 2.50. The van der Waals surface area contributed by atoms with Gasteiger partial charge in [-0.2, -0.15) is 4.36 Å². The molecule has 1 heterocycles. The Morgan fingerprint density at radius 2 is 2.38 bits per heavy atom. The second-order valence-corrected chi connectivity index (χ2v) is 6.45. The monoisotopic (exact) mass is 248 g/mol. The number of carboxylic acid groups (broad SMARTS) is 1. The number of carbonyl (C=O) groups excluding carboxylic acids is 2. The van der Waals surface area contributed by atoms with E-state index in [9.17, 15) is 18.9 Å². The van der Waals surface area contributed by atoms with E-state index in [1.165, 1.54) is 0 Å². The largest absolute Gasteiger partial charge is 0.544 e. The van der Waals surface area contributed by atoms with Gasteiger partial charge in [0.2, 0.25) is 0 Å². The van der Waals surface area contributed by atoms with Crippen molar-refractivity contribution in [3.8, 4) is 0 Å². The van der Waals surface area contributed by atoms with Gasteiger partial charge in [-0.3, -0.25) is 4.79 Å². The van der Waals surface area contributed by atoms with Gasteiger partial charge < -0.3 is 15.6 Å². The number of nitrogens with zero attached hydrogens (tertiary/aromatic N) is 1. The lowest BCUT2D eigenvalue weighted by molar-refractivity contribution is -0.437. The van der Waals surface area contributed by atoms with E-state index in [2.05, 4.69) is 10.1 Å². The molecule has 0 aliphatic carbocycles. The third-order valence-corrected chi connectivity index (χ3v) is 4.99. The Morgan fingerprint density at radius 3 is 2.81 bits per heavy atom. The first-order valence-electron chi connectivity index (χ1n) is 5.18. The molecule has 0 saturated carbocycles. The van der Waals surface area contributed by atoms with E-state index in [4.69, 9.17) is 0 Å². The van der Waals surface area contributed by atoms with Crippen LogP contribution in [0.5, 0.6) is 0 Å². The number of hydrogen-bond acceptors (Lipinski definition) is 4. The van der Waals surface area contributed by atoms with E-state index in [0.29, 0.717) is 6.42 Å². The van der Waals surface area contributed by atoms with Crippen molar-refractivity contribution in [2.45, 2.75) is 25.8 Å². The van der Waals surface area contributed by atoms with Crippen LogP contribution < -0.4 is 10.8 Å². The lowest BCUT2D eigenvalue weighted by Crippen LogP contribution is -2.68. The minimum Gasteiger partial charge on any atom is -0.544 e. The number of carbonyl (C=O) groups is 2. The van der Waals surface area contributed by atoms with Gasteiger partial charge in [-0.1, -0.05) is 6.92 Å². The van der Waals surface area contributed by atoms with Crippen LogP contribution >= 0.6 is 0 Å². The zero-order chi connectivity index (χ0) is 12.3. The molecule has 0 saturated heterocycles. The van der Waals surface area contributed by atoms with E-state index in [-0.39, 0.29) is 29.8 Å². The Morgan fingerprint density at radius 1 is 1.75 bits per heavy atom. The fourth-order valence-corrected chi connectivity index (χ4v) is 4.00. The zero-order valence-electron chi connectivity index (χ0n) is 9.18. The fraction of sp³-hybridized carbons (Fsp3) is 0.778. The Hall–Kier alpha value is -0.950. The maximum absolute atomic E-state index is 12.1. The molecule has 1 amide bonds. The Kier molecular flexibility index (Phi) is 4.03. The van der Waals surface area contributed by atoms with Crippen LogP contribution in [0.25, 0.3) is 0 Å². The molecule has 0 aromatic heterocycles. The maximum Gasteiger partial charge on any atom is 0.257 e. The Labute approximate surface area is 94.4 Å². The van der Waals surface area contributed by atoms with Gasteiger partial charge in [0.05, 0.1) is 21.6 Å². The normalized spacial score (nSPS) is 31.1. The number of aliphatic carboxylic acids is 1. The predicted molar refractivity (Wildman–Crippen MR) is 55.4 cm³/mol. The number of rotatable bonds is 5. The van der Waals surface area contributed by atoms with Crippen molar-refractivity contribution in [2.24, 2.45) is 10.3 Å². The van der Waals surface area contributed by atoms with Gasteiger partial charge in [0.15, 0.2) is 0 Å². The lowest BCUT2D eigenvalue weighted by Gasteiger charge is -2.10. The number of quaternary nitrogens is 1. The molecule has 1 aliphatic rings. The quantitative estimate of drug-likeness (QED) is 0.593. The summed E-state index contributed by atoms with van der Waals surface area (Å²) in [5, 5.41) is 10.4. The van der Waals surface area contributed by atoms with Crippen molar-refractivity contribution in [3.63, 3.8) is 0 Å². The van der Waals surface area contributed by atoms with Crippen LogP contribution in [0.1, 0.15) is 19.8 Å². The molecule has 0 unspecified atom stereocenters. The molecule has 1 aliphatic heterocycles. The molecule has 3 atom stereocenters. The second kappa shape index (κ2) is 4.92. The van der Waals surface area contributed by atoms with Gasteiger partial charge in [0.1, 0.15) is 6.04 Å². The summed E-state index contributed by atoms with van der Waals surface area (Å²) >= 11 is 0. The molecular weight excluding hydrogens is 232 g/mol. The summed E-state index contributed by atoms with van der Waals surface area (Å²) in [6, 6.07) is -0.899. The first-order valence-corrected chi connectivity index (χ1v) is 7.03. The standard InChI is InChI=1S/C9H16N2O4S/c1-2-6-5-16(15,11-8(6)12)4-3-7(10)9(13)14/h6-7H,2-5,10H2,1H3,(H,13,14)/t6-,7+,16+/m1/s1. The van der Waals surface area contributed by atoms with Crippen LogP contribution in [0, 0.1) is 5.92 Å². The van der Waals surface area contributed by atoms with Gasteiger partial charge in [0, 0.05) is 17.9 Å². The Bertz CT molecular complexity index is 412. The van der Waals surface area contributed by atoms with Crippen LogP contribution in [-0.2, 0) is 19.3 Å². The second-order valence-electron chi connectivity index (χ2n) is 3.98. The molecule has 0 fully saturated rings. The van der Waals surface area contributed by atoms with E-state index < -0.39 is 21.7 Å². The highest BCUT2D eigenvalue weighted by Gasteiger charge is 2.31. The number of hydrogen-bond donors (Lipinski definition) is 1. The summed E-state index contributed by atoms with van der Waals surface area (Å²) in [5.74, 6) is -1.49. The van der Waals surface area contributed by atoms with Gasteiger partial charge in [-0.05, 0) is 6.42 Å². The topological polar surface area (TPSA) is 114 Å². The summed E-state index contributed by atoms with van der Waals surface area (Å²) in [6.07, 6.45) is 0.752. The van der Waals surface area contributed by atoms with E-state index in [1.54, 1.807) is 0 Å². The van der Waals surface area contributed by atoms with Crippen molar-refractivity contribution in [2.75, 3.05) is 11.5 Å². The van der Waals surface area contributed by atoms with Crippen molar-refractivity contribution < 1.29 is 24.6 Å². The number of amides is 1. The highest BCUT2D eigenvalue weighted by atomic mass is 32.2. The zero-order valence-corrected chi connectivity index (χ0v) is 10.00. The maximum atomic E-state index is 12.1. The van der Waals surface area contributed by atoms with Crippen LogP contribution in [0.4, 0.5) is 0 Å². The summed E-state index contributed by atoms with van der Waals surface area (Å²) in [7, 11) is -2.55. The first kappa shape index (κ1) is 13.1. The summed E-state index contributed by atoms with van der Waals surface area (Å²) in [4.78, 5) is 21.7. The first-order chi connectivity index (χ1) is 7.38.